The van der Waals surface area contributed by atoms with Crippen LogP contribution in [-0.4, -0.2) is 6.61 Å². The van der Waals surface area contributed by atoms with Gasteiger partial charge < -0.3 is 4.74 Å². The Morgan fingerprint density at radius 2 is 1.93 bits per heavy atom. The molecule has 3 heteroatoms. The highest BCUT2D eigenvalue weighted by molar-refractivity contribution is 9.10. The molecule has 14 heavy (non-hydrogen) atoms. The van der Waals surface area contributed by atoms with Crippen molar-refractivity contribution in [1.82, 2.24) is 0 Å². The van der Waals surface area contributed by atoms with Crippen LogP contribution in [-0.2, 0) is 0 Å². The molecule has 1 aromatic carbocycles. The Morgan fingerprint density at radius 1 is 1.36 bits per heavy atom. The zero-order valence-corrected chi connectivity index (χ0v) is 11.4. The monoisotopic (exact) mass is 278 g/mol. The predicted octanol–water partition coefficient (Wildman–Crippen LogP) is 4.84. The van der Waals surface area contributed by atoms with Crippen molar-refractivity contribution in [2.75, 3.05) is 6.61 Å². The molecule has 0 spiro atoms. The molecular formula is C11H16BrClO. The van der Waals surface area contributed by atoms with Crippen molar-refractivity contribution in [2.24, 2.45) is 0 Å². The fraction of sp³-hybridized carbons (Fsp3) is 0.455. The Morgan fingerprint density at radius 3 is 2.43 bits per heavy atom. The summed E-state index contributed by atoms with van der Waals surface area (Å²) in [5.41, 5.74) is 1.02. The largest absolute Gasteiger partial charge is 0.492 e. The first-order valence-electron chi connectivity index (χ1n) is 4.73. The summed E-state index contributed by atoms with van der Waals surface area (Å²) in [7, 11) is 0. The summed E-state index contributed by atoms with van der Waals surface area (Å²) in [4.78, 5) is 0. The average Bonchev–Trinajstić information content (AvgIpc) is 2.17. The minimum absolute atomic E-state index is 0.635. The van der Waals surface area contributed by atoms with Crippen LogP contribution in [0.1, 0.15) is 26.3 Å². The van der Waals surface area contributed by atoms with Crippen molar-refractivity contribution < 1.29 is 4.74 Å². The molecule has 0 N–H and O–H groups in total. The van der Waals surface area contributed by atoms with Crippen molar-refractivity contribution in [1.29, 1.82) is 0 Å². The predicted molar refractivity (Wildman–Crippen MR) is 66.4 cm³/mol. The zero-order chi connectivity index (χ0) is 11.1. The fourth-order valence-electron chi connectivity index (χ4n) is 0.955. The molecule has 0 aliphatic rings. The highest BCUT2D eigenvalue weighted by atomic mass is 79.9. The summed E-state index contributed by atoms with van der Waals surface area (Å²) < 4.78 is 6.33. The Hall–Kier alpha value is -0.210. The maximum atomic E-state index is 6.00. The average molecular weight is 280 g/mol. The maximum Gasteiger partial charge on any atom is 0.139 e. The van der Waals surface area contributed by atoms with Crippen molar-refractivity contribution in [3.63, 3.8) is 0 Å². The molecule has 0 bridgehead atoms. The van der Waals surface area contributed by atoms with Crippen LogP contribution in [0.2, 0.25) is 5.02 Å². The molecule has 0 heterocycles. The summed E-state index contributed by atoms with van der Waals surface area (Å²) in [6.45, 7) is 8.53. The molecule has 0 aromatic heterocycles. The Bertz CT molecular complexity index is 287. The molecule has 0 aliphatic carbocycles. The van der Waals surface area contributed by atoms with Gasteiger partial charge in [-0.25, -0.2) is 0 Å². The van der Waals surface area contributed by atoms with Gasteiger partial charge in [-0.2, -0.15) is 0 Å². The number of hydrogen-bond acceptors (Lipinski definition) is 1. The highest BCUT2D eigenvalue weighted by Crippen LogP contribution is 2.31. The summed E-state index contributed by atoms with van der Waals surface area (Å²) >= 11 is 9.38. The number of aryl methyl sites for hydroxylation is 1. The molecule has 1 nitrogen and oxygen atoms in total. The third kappa shape index (κ3) is 3.89. The van der Waals surface area contributed by atoms with E-state index in [0.29, 0.717) is 11.6 Å². The maximum absolute atomic E-state index is 6.00. The molecule has 0 atom stereocenters. The molecule has 1 aromatic rings. The van der Waals surface area contributed by atoms with E-state index in [1.54, 1.807) is 0 Å². The molecule has 0 fully saturated rings. The van der Waals surface area contributed by atoms with Gasteiger partial charge in [0.25, 0.3) is 0 Å². The third-order valence-electron chi connectivity index (χ3n) is 1.49. The molecule has 0 amide bonds. The van der Waals surface area contributed by atoms with E-state index in [-0.39, 0.29) is 0 Å². The number of ether oxygens (including phenoxy) is 1. The lowest BCUT2D eigenvalue weighted by Gasteiger charge is -2.07. The lowest BCUT2D eigenvalue weighted by Crippen LogP contribution is -1.93. The van der Waals surface area contributed by atoms with E-state index in [4.69, 9.17) is 16.3 Å². The van der Waals surface area contributed by atoms with Gasteiger partial charge in [0.1, 0.15) is 5.75 Å². The van der Waals surface area contributed by atoms with Crippen LogP contribution in [0.3, 0.4) is 0 Å². The Kier molecular flexibility index (Phi) is 7.02. The van der Waals surface area contributed by atoms with Crippen LogP contribution < -0.4 is 4.74 Å². The molecule has 0 saturated carbocycles. The van der Waals surface area contributed by atoms with Crippen molar-refractivity contribution in [3.05, 3.63) is 27.2 Å². The quantitative estimate of drug-likeness (QED) is 0.753. The van der Waals surface area contributed by atoms with Crippen LogP contribution in [0.4, 0.5) is 0 Å². The van der Waals surface area contributed by atoms with Gasteiger partial charge >= 0.3 is 0 Å². The van der Waals surface area contributed by atoms with Gasteiger partial charge in [-0.05, 0) is 31.5 Å². The second kappa shape index (κ2) is 7.13. The van der Waals surface area contributed by atoms with Gasteiger partial charge in [-0.3, -0.25) is 0 Å². The second-order valence-electron chi connectivity index (χ2n) is 2.47. The van der Waals surface area contributed by atoms with Crippen LogP contribution in [0.5, 0.6) is 5.75 Å². The lowest BCUT2D eigenvalue weighted by atomic mass is 10.2. The minimum Gasteiger partial charge on any atom is -0.492 e. The number of hydrogen-bond donors (Lipinski definition) is 0. The smallest absolute Gasteiger partial charge is 0.139 e. The first-order chi connectivity index (χ1) is 6.65. The molecule has 0 saturated heterocycles. The molecule has 80 valence electrons. The van der Waals surface area contributed by atoms with Gasteiger partial charge in [0.05, 0.1) is 11.6 Å². The SMILES string of the molecule is CC.CCOc1cc(Br)cc(C)c1Cl. The lowest BCUT2D eigenvalue weighted by molar-refractivity contribution is 0.340. The second-order valence-corrected chi connectivity index (χ2v) is 3.76. The standard InChI is InChI=1S/C9H10BrClO.C2H6/c1-3-12-8-5-7(10)4-6(2)9(8)11;1-2/h4-5H,3H2,1-2H3;1-2H3. The first-order valence-corrected chi connectivity index (χ1v) is 5.90. The van der Waals surface area contributed by atoms with Gasteiger partial charge in [0, 0.05) is 4.47 Å². The van der Waals surface area contributed by atoms with Gasteiger partial charge in [0.2, 0.25) is 0 Å². The Balaban J connectivity index is 0.000000791. The van der Waals surface area contributed by atoms with Gasteiger partial charge in [-0.1, -0.05) is 41.4 Å². The van der Waals surface area contributed by atoms with E-state index >= 15 is 0 Å². The molecule has 0 aliphatic heterocycles. The van der Waals surface area contributed by atoms with Crippen LogP contribution in [0, 0.1) is 6.92 Å². The van der Waals surface area contributed by atoms with Gasteiger partial charge in [-0.15, -0.1) is 0 Å². The summed E-state index contributed by atoms with van der Waals surface area (Å²) in [6, 6.07) is 3.84. The number of rotatable bonds is 2. The van der Waals surface area contributed by atoms with E-state index in [9.17, 15) is 0 Å². The van der Waals surface area contributed by atoms with E-state index in [0.717, 1.165) is 15.8 Å². The Labute approximate surface area is 99.5 Å². The number of halogens is 2. The molecule has 0 radical (unpaired) electrons. The third-order valence-corrected chi connectivity index (χ3v) is 2.43. The normalized spacial score (nSPS) is 9.00. The number of benzene rings is 1. The van der Waals surface area contributed by atoms with Gasteiger partial charge in [0.15, 0.2) is 0 Å². The molecule has 1 rings (SSSR count). The van der Waals surface area contributed by atoms with Crippen molar-refractivity contribution in [3.8, 4) is 5.75 Å². The van der Waals surface area contributed by atoms with Crippen LogP contribution in [0.15, 0.2) is 16.6 Å². The summed E-state index contributed by atoms with van der Waals surface area (Å²) in [5, 5.41) is 0.694. The summed E-state index contributed by atoms with van der Waals surface area (Å²) in [6.07, 6.45) is 0. The van der Waals surface area contributed by atoms with Crippen LogP contribution >= 0.6 is 27.5 Å². The van der Waals surface area contributed by atoms with Crippen LogP contribution in [0.25, 0.3) is 0 Å². The van der Waals surface area contributed by atoms with E-state index < -0.39 is 0 Å². The van der Waals surface area contributed by atoms with E-state index in [1.165, 1.54) is 0 Å². The highest BCUT2D eigenvalue weighted by Gasteiger charge is 2.04. The fourth-order valence-corrected chi connectivity index (χ4v) is 1.67. The topological polar surface area (TPSA) is 9.23 Å². The van der Waals surface area contributed by atoms with E-state index in [1.807, 2.05) is 39.8 Å². The summed E-state index contributed by atoms with van der Waals surface area (Å²) in [5.74, 6) is 0.742. The minimum atomic E-state index is 0.635. The van der Waals surface area contributed by atoms with E-state index in [2.05, 4.69) is 15.9 Å². The molecule has 0 unspecified atom stereocenters. The van der Waals surface area contributed by atoms with Crippen molar-refractivity contribution in [2.45, 2.75) is 27.7 Å². The zero-order valence-electron chi connectivity index (χ0n) is 9.03. The first kappa shape index (κ1) is 13.8. The molecular weight excluding hydrogens is 263 g/mol. The van der Waals surface area contributed by atoms with Crippen molar-refractivity contribution >= 4 is 27.5 Å².